The molecule has 1 atom stereocenters. The molecule has 2 rings (SSSR count). The maximum atomic E-state index is 12.6. The van der Waals surface area contributed by atoms with Crippen LogP contribution in [0.4, 0.5) is 0 Å². The summed E-state index contributed by atoms with van der Waals surface area (Å²) in [4.78, 5) is 24.3. The fourth-order valence-electron chi connectivity index (χ4n) is 2.77. The number of hydrogen-bond acceptors (Lipinski definition) is 4. The van der Waals surface area contributed by atoms with Gasteiger partial charge in [-0.15, -0.1) is 5.10 Å². The Hall–Kier alpha value is -1.24. The first-order chi connectivity index (χ1) is 10.5. The fraction of sp³-hybridized carbons (Fsp3) is 0.800. The van der Waals surface area contributed by atoms with Crippen LogP contribution in [0.1, 0.15) is 52.9 Å². The van der Waals surface area contributed by atoms with Crippen LogP contribution < -0.4 is 11.0 Å². The van der Waals surface area contributed by atoms with E-state index in [0.717, 1.165) is 19.3 Å². The number of thioether (sulfide) groups is 1. The molecule has 6 nitrogen and oxygen atoms in total. The number of carbonyl (C=O) groups excluding carboxylic acids is 1. The monoisotopic (exact) mass is 326 g/mol. The number of rotatable bonds is 7. The first-order valence-electron chi connectivity index (χ1n) is 8.15. The molecule has 0 saturated heterocycles. The summed E-state index contributed by atoms with van der Waals surface area (Å²) in [5.41, 5.74) is -0.206. The Morgan fingerprint density at radius 1 is 1.45 bits per heavy atom. The van der Waals surface area contributed by atoms with Crippen LogP contribution in [0.25, 0.3) is 0 Å². The third-order valence-corrected chi connectivity index (χ3v) is 5.50. The molecule has 0 spiro atoms. The van der Waals surface area contributed by atoms with Gasteiger partial charge in [-0.25, -0.2) is 9.89 Å². The molecular weight excluding hydrogens is 300 g/mol. The first kappa shape index (κ1) is 17.1. The Kier molecular flexibility index (Phi) is 6.11. The van der Waals surface area contributed by atoms with Crippen molar-refractivity contribution in [1.82, 2.24) is 20.1 Å². The molecule has 1 aromatic heterocycles. The second kappa shape index (κ2) is 7.85. The summed E-state index contributed by atoms with van der Waals surface area (Å²) in [6, 6.07) is 0.311. The van der Waals surface area contributed by atoms with E-state index in [9.17, 15) is 9.59 Å². The number of nitrogens with one attached hydrogen (secondary N) is 2. The molecule has 1 heterocycles. The summed E-state index contributed by atoms with van der Waals surface area (Å²) in [6.07, 6.45) is 5.39. The van der Waals surface area contributed by atoms with Gasteiger partial charge in [0, 0.05) is 12.6 Å². The predicted octanol–water partition coefficient (Wildman–Crippen LogP) is 2.16. The molecule has 1 unspecified atom stereocenters. The Morgan fingerprint density at radius 3 is 2.73 bits per heavy atom. The average molecular weight is 326 g/mol. The van der Waals surface area contributed by atoms with Crippen LogP contribution in [0.3, 0.4) is 0 Å². The Morgan fingerprint density at radius 2 is 2.14 bits per heavy atom. The normalized spacial score (nSPS) is 17.1. The zero-order valence-electron chi connectivity index (χ0n) is 13.6. The van der Waals surface area contributed by atoms with E-state index in [0.29, 0.717) is 17.7 Å². The number of carbonyl (C=O) groups is 1. The second-order valence-corrected chi connectivity index (χ2v) is 7.34. The van der Waals surface area contributed by atoms with Gasteiger partial charge in [0.25, 0.3) is 0 Å². The third-order valence-electron chi connectivity index (χ3n) is 3.97. The highest BCUT2D eigenvalue weighted by Gasteiger charge is 2.28. The summed E-state index contributed by atoms with van der Waals surface area (Å²) in [5, 5.41) is 10.1. The summed E-state index contributed by atoms with van der Waals surface area (Å²) < 4.78 is 1.61. The van der Waals surface area contributed by atoms with Gasteiger partial charge >= 0.3 is 5.69 Å². The van der Waals surface area contributed by atoms with Gasteiger partial charge in [0.2, 0.25) is 5.91 Å². The maximum Gasteiger partial charge on any atom is 0.343 e. The van der Waals surface area contributed by atoms with Crippen molar-refractivity contribution < 1.29 is 4.79 Å². The number of aromatic nitrogens is 3. The van der Waals surface area contributed by atoms with Crippen LogP contribution >= 0.6 is 11.8 Å². The topological polar surface area (TPSA) is 79.8 Å². The van der Waals surface area contributed by atoms with Crippen LogP contribution in [0.2, 0.25) is 0 Å². The summed E-state index contributed by atoms with van der Waals surface area (Å²) in [6.45, 7) is 6.69. The Labute approximate surface area is 135 Å². The molecule has 124 valence electrons. The number of amides is 1. The molecule has 0 radical (unpaired) electrons. The van der Waals surface area contributed by atoms with Crippen molar-refractivity contribution in [3.05, 3.63) is 10.5 Å². The Balaban J connectivity index is 2.08. The molecule has 1 fully saturated rings. The third kappa shape index (κ3) is 4.15. The van der Waals surface area contributed by atoms with Crippen LogP contribution in [-0.4, -0.2) is 32.0 Å². The summed E-state index contributed by atoms with van der Waals surface area (Å²) in [7, 11) is 0. The van der Waals surface area contributed by atoms with Crippen molar-refractivity contribution in [1.29, 1.82) is 0 Å². The lowest BCUT2D eigenvalue weighted by Gasteiger charge is -2.22. The van der Waals surface area contributed by atoms with Gasteiger partial charge in [-0.05, 0) is 25.2 Å². The van der Waals surface area contributed by atoms with E-state index < -0.39 is 0 Å². The zero-order chi connectivity index (χ0) is 16.1. The van der Waals surface area contributed by atoms with Gasteiger partial charge in [-0.3, -0.25) is 9.36 Å². The maximum absolute atomic E-state index is 12.6. The van der Waals surface area contributed by atoms with Crippen molar-refractivity contribution in [2.24, 2.45) is 5.92 Å². The van der Waals surface area contributed by atoms with Crippen molar-refractivity contribution in [3.8, 4) is 0 Å². The van der Waals surface area contributed by atoms with E-state index in [2.05, 4.69) is 15.5 Å². The highest BCUT2D eigenvalue weighted by atomic mass is 32.2. The van der Waals surface area contributed by atoms with E-state index in [1.165, 1.54) is 24.6 Å². The number of aromatic amines is 1. The molecule has 0 aliphatic heterocycles. The minimum absolute atomic E-state index is 0.0606. The molecule has 1 aliphatic rings. The smallest absolute Gasteiger partial charge is 0.343 e. The summed E-state index contributed by atoms with van der Waals surface area (Å²) >= 11 is 1.38. The second-order valence-electron chi connectivity index (χ2n) is 6.24. The Bertz CT molecular complexity index is 546. The molecule has 0 aromatic carbocycles. The molecule has 2 N–H and O–H groups in total. The molecule has 1 saturated carbocycles. The van der Waals surface area contributed by atoms with Gasteiger partial charge in [0.15, 0.2) is 5.16 Å². The van der Waals surface area contributed by atoms with Gasteiger partial charge in [0.05, 0.1) is 5.25 Å². The van der Waals surface area contributed by atoms with Crippen LogP contribution in [0.15, 0.2) is 9.95 Å². The van der Waals surface area contributed by atoms with Crippen LogP contribution in [-0.2, 0) is 11.3 Å². The van der Waals surface area contributed by atoms with E-state index in [1.807, 2.05) is 20.8 Å². The minimum Gasteiger partial charge on any atom is -0.352 e. The van der Waals surface area contributed by atoms with Gasteiger partial charge in [0.1, 0.15) is 0 Å². The van der Waals surface area contributed by atoms with Crippen molar-refractivity contribution in [3.63, 3.8) is 0 Å². The average Bonchev–Trinajstić information content (AvgIpc) is 3.08. The molecule has 7 heteroatoms. The first-order valence-corrected chi connectivity index (χ1v) is 9.03. The lowest BCUT2D eigenvalue weighted by atomic mass is 10.1. The molecule has 1 aliphatic carbocycles. The quantitative estimate of drug-likeness (QED) is 0.753. The van der Waals surface area contributed by atoms with E-state index >= 15 is 0 Å². The predicted molar refractivity (Wildman–Crippen MR) is 88.0 cm³/mol. The standard InChI is InChI=1S/C15H26N4O2S/c1-4-9-19-14(21)17-18-15(19)22-12(10(2)3)13(20)16-11-7-5-6-8-11/h10-12H,4-9H2,1-3H3,(H,16,20)(H,17,21). The van der Waals surface area contributed by atoms with Gasteiger partial charge in [-0.2, -0.15) is 0 Å². The molecule has 0 bridgehead atoms. The zero-order valence-corrected chi connectivity index (χ0v) is 14.4. The number of nitrogens with zero attached hydrogens (tertiary/aromatic N) is 2. The van der Waals surface area contributed by atoms with Crippen LogP contribution in [0, 0.1) is 5.92 Å². The highest BCUT2D eigenvalue weighted by molar-refractivity contribution is 8.00. The van der Waals surface area contributed by atoms with E-state index in [1.54, 1.807) is 4.57 Å². The van der Waals surface area contributed by atoms with E-state index in [-0.39, 0.29) is 22.8 Å². The molecule has 1 amide bonds. The SMILES string of the molecule is CCCn1c(SC(C(=O)NC2CCCC2)C(C)C)n[nH]c1=O. The molecule has 22 heavy (non-hydrogen) atoms. The van der Waals surface area contributed by atoms with Crippen molar-refractivity contribution in [2.45, 2.75) is 75.9 Å². The minimum atomic E-state index is -0.230. The highest BCUT2D eigenvalue weighted by Crippen LogP contribution is 2.27. The summed E-state index contributed by atoms with van der Waals surface area (Å²) in [5.74, 6) is 0.235. The molecule has 1 aromatic rings. The van der Waals surface area contributed by atoms with Gasteiger partial charge < -0.3 is 5.32 Å². The lowest BCUT2D eigenvalue weighted by Crippen LogP contribution is -2.41. The lowest BCUT2D eigenvalue weighted by molar-refractivity contribution is -0.121. The number of H-pyrrole nitrogens is 1. The van der Waals surface area contributed by atoms with Crippen molar-refractivity contribution >= 4 is 17.7 Å². The van der Waals surface area contributed by atoms with E-state index in [4.69, 9.17) is 0 Å². The fourth-order valence-corrected chi connectivity index (χ4v) is 3.85. The number of hydrogen-bond donors (Lipinski definition) is 2. The van der Waals surface area contributed by atoms with Gasteiger partial charge in [-0.1, -0.05) is 45.4 Å². The molecular formula is C15H26N4O2S. The largest absolute Gasteiger partial charge is 0.352 e. The van der Waals surface area contributed by atoms with Crippen molar-refractivity contribution in [2.75, 3.05) is 0 Å². The van der Waals surface area contributed by atoms with Crippen LogP contribution in [0.5, 0.6) is 0 Å².